The minimum absolute atomic E-state index is 0.251. The van der Waals surface area contributed by atoms with Crippen LogP contribution in [0, 0.1) is 5.82 Å². The van der Waals surface area contributed by atoms with Crippen LogP contribution >= 0.6 is 0 Å². The van der Waals surface area contributed by atoms with E-state index in [1.165, 1.54) is 23.7 Å². The average molecular weight is 416 g/mol. The molecule has 3 N–H and O–H groups in total. The Bertz CT molecular complexity index is 1090. The quantitative estimate of drug-likeness (QED) is 0.234. The van der Waals surface area contributed by atoms with E-state index in [0.29, 0.717) is 12.1 Å². The molecule has 0 atom stereocenters. The Morgan fingerprint density at radius 2 is 1.52 bits per heavy atom. The maximum atomic E-state index is 13.2. The van der Waals surface area contributed by atoms with E-state index in [-0.39, 0.29) is 11.7 Å². The molecule has 0 fully saturated rings. The highest BCUT2D eigenvalue weighted by Crippen LogP contribution is 2.19. The summed E-state index contributed by atoms with van der Waals surface area (Å²) >= 11 is 0. The standard InChI is InChI=1S/C25H21FN2O3/c26-22-13-10-19(11-14-22)16-23(21-4-2-1-3-5-21)25(30)27-17-20-8-6-18(7-9-20)12-15-24(29)28-31/h1-16,31H,17H2,(H,27,30)(H,28,29)/b15-12+,23-16-. The van der Waals surface area contributed by atoms with Gasteiger partial charge in [0.05, 0.1) is 0 Å². The number of hydrogen-bond donors (Lipinski definition) is 3. The number of hydroxylamine groups is 1. The second-order valence-corrected chi connectivity index (χ2v) is 6.71. The lowest BCUT2D eigenvalue weighted by Gasteiger charge is -2.10. The van der Waals surface area contributed by atoms with Crippen molar-refractivity contribution in [3.8, 4) is 0 Å². The Morgan fingerprint density at radius 3 is 2.16 bits per heavy atom. The molecule has 3 aromatic carbocycles. The lowest BCUT2D eigenvalue weighted by Crippen LogP contribution is -2.23. The molecule has 0 saturated heterocycles. The van der Waals surface area contributed by atoms with Crippen molar-refractivity contribution < 1.29 is 19.2 Å². The van der Waals surface area contributed by atoms with Gasteiger partial charge in [0.1, 0.15) is 5.82 Å². The first-order chi connectivity index (χ1) is 15.0. The molecule has 156 valence electrons. The number of nitrogens with one attached hydrogen (secondary N) is 2. The third-order valence-corrected chi connectivity index (χ3v) is 4.48. The zero-order chi connectivity index (χ0) is 22.1. The Morgan fingerprint density at radius 1 is 0.871 bits per heavy atom. The first-order valence-electron chi connectivity index (χ1n) is 9.57. The molecule has 3 aromatic rings. The minimum Gasteiger partial charge on any atom is -0.348 e. The molecule has 0 spiro atoms. The molecule has 0 aliphatic heterocycles. The van der Waals surface area contributed by atoms with Gasteiger partial charge in [-0.3, -0.25) is 14.8 Å². The second kappa shape index (κ2) is 10.7. The third-order valence-electron chi connectivity index (χ3n) is 4.48. The normalized spacial score (nSPS) is 11.4. The van der Waals surface area contributed by atoms with Crippen LogP contribution in [-0.2, 0) is 16.1 Å². The molecule has 0 unspecified atom stereocenters. The van der Waals surface area contributed by atoms with Crippen molar-refractivity contribution in [2.75, 3.05) is 0 Å². The summed E-state index contributed by atoms with van der Waals surface area (Å²) in [6.07, 6.45) is 4.50. The highest BCUT2D eigenvalue weighted by Gasteiger charge is 2.12. The highest BCUT2D eigenvalue weighted by atomic mass is 19.1. The predicted molar refractivity (Wildman–Crippen MR) is 118 cm³/mol. The van der Waals surface area contributed by atoms with E-state index in [0.717, 1.165) is 22.3 Å². The predicted octanol–water partition coefficient (Wildman–Crippen LogP) is 4.20. The van der Waals surface area contributed by atoms with Crippen molar-refractivity contribution in [2.24, 2.45) is 0 Å². The molecule has 0 heterocycles. The van der Waals surface area contributed by atoms with E-state index in [4.69, 9.17) is 5.21 Å². The van der Waals surface area contributed by atoms with E-state index in [2.05, 4.69) is 5.32 Å². The molecule has 3 rings (SSSR count). The van der Waals surface area contributed by atoms with Gasteiger partial charge in [0.15, 0.2) is 0 Å². The molecule has 2 amide bonds. The van der Waals surface area contributed by atoms with Crippen molar-refractivity contribution in [3.05, 3.63) is 113 Å². The highest BCUT2D eigenvalue weighted by molar-refractivity contribution is 6.24. The van der Waals surface area contributed by atoms with E-state index >= 15 is 0 Å². The zero-order valence-electron chi connectivity index (χ0n) is 16.6. The van der Waals surface area contributed by atoms with Gasteiger partial charge >= 0.3 is 0 Å². The molecule has 0 radical (unpaired) electrons. The fraction of sp³-hybridized carbons (Fsp3) is 0.0400. The van der Waals surface area contributed by atoms with Crippen LogP contribution < -0.4 is 10.8 Å². The molecule has 6 heteroatoms. The maximum Gasteiger partial charge on any atom is 0.267 e. The van der Waals surface area contributed by atoms with E-state index in [1.807, 2.05) is 42.5 Å². The minimum atomic E-state index is -0.613. The maximum absolute atomic E-state index is 13.2. The number of rotatable bonds is 7. The third kappa shape index (κ3) is 6.48. The summed E-state index contributed by atoms with van der Waals surface area (Å²) in [5.74, 6) is -1.20. The number of benzene rings is 3. The van der Waals surface area contributed by atoms with Crippen LogP contribution in [0.3, 0.4) is 0 Å². The number of amides is 2. The molecular formula is C25H21FN2O3. The summed E-state index contributed by atoms with van der Waals surface area (Å²) in [6, 6.07) is 22.5. The zero-order valence-corrected chi connectivity index (χ0v) is 16.6. The lowest BCUT2D eigenvalue weighted by molar-refractivity contribution is -0.124. The van der Waals surface area contributed by atoms with Gasteiger partial charge in [0.2, 0.25) is 0 Å². The Hall–Kier alpha value is -4.03. The summed E-state index contributed by atoms with van der Waals surface area (Å²) in [7, 11) is 0. The molecule has 0 aliphatic carbocycles. The van der Waals surface area contributed by atoms with Crippen LogP contribution in [0.2, 0.25) is 0 Å². The topological polar surface area (TPSA) is 78.4 Å². The smallest absolute Gasteiger partial charge is 0.267 e. The van der Waals surface area contributed by atoms with Crippen molar-refractivity contribution in [3.63, 3.8) is 0 Å². The molecule has 0 saturated carbocycles. The number of halogens is 1. The van der Waals surface area contributed by atoms with Gasteiger partial charge in [-0.15, -0.1) is 0 Å². The van der Waals surface area contributed by atoms with E-state index in [1.54, 1.807) is 36.4 Å². The monoisotopic (exact) mass is 416 g/mol. The van der Waals surface area contributed by atoms with Crippen LogP contribution in [0.4, 0.5) is 4.39 Å². The van der Waals surface area contributed by atoms with Gasteiger partial charge in [-0.05, 0) is 46.5 Å². The number of hydrogen-bond acceptors (Lipinski definition) is 3. The summed E-state index contributed by atoms with van der Waals surface area (Å²) in [5.41, 5.74) is 5.14. The summed E-state index contributed by atoms with van der Waals surface area (Å²) in [6.45, 7) is 0.313. The molecule has 31 heavy (non-hydrogen) atoms. The SMILES string of the molecule is O=C(/C=C/c1ccc(CNC(=O)/C(=C\c2ccc(F)cc2)c2ccccc2)cc1)NO. The molecule has 0 aliphatic rings. The van der Waals surface area contributed by atoms with Crippen LogP contribution in [0.5, 0.6) is 0 Å². The molecular weight excluding hydrogens is 395 g/mol. The molecule has 0 aromatic heterocycles. The number of carbonyl (C=O) groups is 2. The van der Waals surface area contributed by atoms with Crippen LogP contribution in [0.1, 0.15) is 22.3 Å². The van der Waals surface area contributed by atoms with Crippen molar-refractivity contribution in [2.45, 2.75) is 6.54 Å². The number of carbonyl (C=O) groups excluding carboxylic acids is 2. The van der Waals surface area contributed by atoms with Crippen molar-refractivity contribution in [1.29, 1.82) is 0 Å². The van der Waals surface area contributed by atoms with Gasteiger partial charge in [0.25, 0.3) is 11.8 Å². The fourth-order valence-corrected chi connectivity index (χ4v) is 2.86. The van der Waals surface area contributed by atoms with Gasteiger partial charge in [-0.1, -0.05) is 66.7 Å². The van der Waals surface area contributed by atoms with Gasteiger partial charge in [-0.2, -0.15) is 0 Å². The summed E-state index contributed by atoms with van der Waals surface area (Å²) in [5, 5.41) is 11.4. The van der Waals surface area contributed by atoms with Crippen LogP contribution in [-0.4, -0.2) is 17.0 Å². The van der Waals surface area contributed by atoms with Gasteiger partial charge < -0.3 is 5.32 Å². The molecule has 5 nitrogen and oxygen atoms in total. The van der Waals surface area contributed by atoms with Crippen molar-refractivity contribution in [1.82, 2.24) is 10.8 Å². The largest absolute Gasteiger partial charge is 0.348 e. The van der Waals surface area contributed by atoms with Crippen LogP contribution in [0.25, 0.3) is 17.7 Å². The first kappa shape index (κ1) is 21.7. The summed E-state index contributed by atoms with van der Waals surface area (Å²) in [4.78, 5) is 24.0. The Balaban J connectivity index is 1.73. The van der Waals surface area contributed by atoms with Crippen LogP contribution in [0.15, 0.2) is 84.9 Å². The van der Waals surface area contributed by atoms with E-state index < -0.39 is 5.91 Å². The van der Waals surface area contributed by atoms with E-state index in [9.17, 15) is 14.0 Å². The average Bonchev–Trinajstić information content (AvgIpc) is 2.81. The lowest BCUT2D eigenvalue weighted by atomic mass is 10.0. The first-order valence-corrected chi connectivity index (χ1v) is 9.57. The van der Waals surface area contributed by atoms with Gasteiger partial charge in [0, 0.05) is 18.2 Å². The Kier molecular flexibility index (Phi) is 7.45. The second-order valence-electron chi connectivity index (χ2n) is 6.71. The fourth-order valence-electron chi connectivity index (χ4n) is 2.86. The van der Waals surface area contributed by atoms with Crippen molar-refractivity contribution >= 4 is 29.5 Å². The summed E-state index contributed by atoms with van der Waals surface area (Å²) < 4.78 is 13.2. The Labute approximate surface area is 179 Å². The molecule has 0 bridgehead atoms. The van der Waals surface area contributed by atoms with Gasteiger partial charge in [-0.25, -0.2) is 9.87 Å².